The van der Waals surface area contributed by atoms with Gasteiger partial charge in [0, 0.05) is 51.2 Å². The zero-order chi connectivity index (χ0) is 15.0. The van der Waals surface area contributed by atoms with Crippen molar-refractivity contribution >= 4 is 23.3 Å². The molecule has 0 aromatic carbocycles. The molecule has 6 nitrogen and oxygen atoms in total. The van der Waals surface area contributed by atoms with Gasteiger partial charge in [-0.25, -0.2) is 0 Å². The van der Waals surface area contributed by atoms with Crippen LogP contribution in [-0.2, 0) is 7.05 Å². The van der Waals surface area contributed by atoms with Crippen LogP contribution >= 0.6 is 11.6 Å². The van der Waals surface area contributed by atoms with Crippen LogP contribution in [0.3, 0.4) is 0 Å². The molecule has 21 heavy (non-hydrogen) atoms. The minimum atomic E-state index is 0.0299. The molecule has 1 aliphatic rings. The monoisotopic (exact) mass is 307 g/mol. The Bertz CT molecular complexity index is 654. The van der Waals surface area contributed by atoms with Gasteiger partial charge in [-0.3, -0.25) is 9.89 Å². The second kappa shape index (κ2) is 5.44. The van der Waals surface area contributed by atoms with Gasteiger partial charge in [-0.15, -0.1) is 0 Å². The van der Waals surface area contributed by atoms with Gasteiger partial charge in [-0.1, -0.05) is 11.6 Å². The van der Waals surface area contributed by atoms with Gasteiger partial charge >= 0.3 is 0 Å². The predicted molar refractivity (Wildman–Crippen MR) is 81.9 cm³/mol. The zero-order valence-electron chi connectivity index (χ0n) is 12.1. The molecule has 0 bridgehead atoms. The maximum atomic E-state index is 12.5. The Morgan fingerprint density at radius 2 is 2.00 bits per heavy atom. The van der Waals surface area contributed by atoms with Crippen molar-refractivity contribution in [3.05, 3.63) is 34.7 Å². The number of aryl methyl sites for hydroxylation is 2. The molecule has 0 saturated carbocycles. The van der Waals surface area contributed by atoms with E-state index >= 15 is 0 Å². The van der Waals surface area contributed by atoms with Crippen LogP contribution < -0.4 is 4.90 Å². The quantitative estimate of drug-likeness (QED) is 0.918. The van der Waals surface area contributed by atoms with Gasteiger partial charge in [0.2, 0.25) is 0 Å². The van der Waals surface area contributed by atoms with Crippen molar-refractivity contribution in [3.8, 4) is 0 Å². The van der Waals surface area contributed by atoms with Crippen molar-refractivity contribution in [1.82, 2.24) is 19.7 Å². The highest BCUT2D eigenvalue weighted by Crippen LogP contribution is 2.18. The average Bonchev–Trinajstić information content (AvgIpc) is 3.04. The fourth-order valence-corrected chi connectivity index (χ4v) is 2.85. The first kappa shape index (κ1) is 14.0. The molecule has 0 atom stereocenters. The zero-order valence-corrected chi connectivity index (χ0v) is 12.9. The Labute approximate surface area is 128 Å². The lowest BCUT2D eigenvalue weighted by Crippen LogP contribution is -2.49. The van der Waals surface area contributed by atoms with E-state index in [0.29, 0.717) is 23.8 Å². The first-order valence-corrected chi connectivity index (χ1v) is 7.30. The molecule has 0 unspecified atom stereocenters. The molecule has 1 saturated heterocycles. The fraction of sp³-hybridized carbons (Fsp3) is 0.429. The molecular formula is C14H18ClN5O. The summed E-state index contributed by atoms with van der Waals surface area (Å²) in [4.78, 5) is 16.5. The summed E-state index contributed by atoms with van der Waals surface area (Å²) in [6.07, 6.45) is 1.75. The topological polar surface area (TPSA) is 57.2 Å². The highest BCUT2D eigenvalue weighted by Gasteiger charge is 2.24. The lowest BCUT2D eigenvalue weighted by atomic mass is 10.2. The molecule has 112 valence electrons. The molecular weight excluding hydrogens is 290 g/mol. The number of piperazine rings is 1. The van der Waals surface area contributed by atoms with Crippen molar-refractivity contribution in [2.24, 2.45) is 7.05 Å². The van der Waals surface area contributed by atoms with Crippen LogP contribution in [0.15, 0.2) is 18.3 Å². The van der Waals surface area contributed by atoms with E-state index in [1.807, 2.05) is 24.9 Å². The van der Waals surface area contributed by atoms with E-state index in [2.05, 4.69) is 15.1 Å². The number of halogens is 1. The summed E-state index contributed by atoms with van der Waals surface area (Å²) in [5.41, 5.74) is 1.67. The number of aromatic amines is 1. The van der Waals surface area contributed by atoms with E-state index in [4.69, 9.17) is 11.6 Å². The molecule has 3 heterocycles. The number of carbonyl (C=O) groups is 1. The van der Waals surface area contributed by atoms with E-state index in [1.54, 1.807) is 16.8 Å². The summed E-state index contributed by atoms with van der Waals surface area (Å²) < 4.78 is 1.77. The number of amides is 1. The number of carbonyl (C=O) groups excluding carboxylic acids is 1. The van der Waals surface area contributed by atoms with Crippen molar-refractivity contribution in [3.63, 3.8) is 0 Å². The number of nitrogens with one attached hydrogen (secondary N) is 1. The first-order chi connectivity index (χ1) is 10.0. The number of aromatic nitrogens is 3. The highest BCUT2D eigenvalue weighted by atomic mass is 35.5. The fourth-order valence-electron chi connectivity index (χ4n) is 2.60. The Kier molecular flexibility index (Phi) is 3.63. The van der Waals surface area contributed by atoms with Gasteiger partial charge in [0.25, 0.3) is 5.91 Å². The van der Waals surface area contributed by atoms with Gasteiger partial charge in [0.15, 0.2) is 5.82 Å². The molecule has 2 aromatic rings. The number of H-pyrrole nitrogens is 1. The lowest BCUT2D eigenvalue weighted by Gasteiger charge is -2.34. The second-order valence-electron chi connectivity index (χ2n) is 5.34. The van der Waals surface area contributed by atoms with Crippen LogP contribution in [0.1, 0.15) is 16.2 Å². The number of hydrogen-bond donors (Lipinski definition) is 1. The SMILES string of the molecule is Cc1cc(N2CCN(C(=O)c3cc(Cl)cn3C)CC2)n[nH]1. The molecule has 1 fully saturated rings. The minimum Gasteiger partial charge on any atom is -0.352 e. The van der Waals surface area contributed by atoms with E-state index in [1.165, 1.54) is 0 Å². The molecule has 7 heteroatoms. The van der Waals surface area contributed by atoms with Crippen molar-refractivity contribution in [2.45, 2.75) is 6.92 Å². The number of nitrogens with zero attached hydrogens (tertiary/aromatic N) is 4. The summed E-state index contributed by atoms with van der Waals surface area (Å²) in [7, 11) is 1.84. The number of rotatable bonds is 2. The normalized spacial score (nSPS) is 15.6. The smallest absolute Gasteiger partial charge is 0.270 e. The minimum absolute atomic E-state index is 0.0299. The summed E-state index contributed by atoms with van der Waals surface area (Å²) in [5, 5.41) is 7.80. The predicted octanol–water partition coefficient (Wildman–Crippen LogP) is 1.67. The van der Waals surface area contributed by atoms with Gasteiger partial charge in [0.05, 0.1) is 5.02 Å². The summed E-state index contributed by atoms with van der Waals surface area (Å²) in [5.74, 6) is 0.976. The van der Waals surface area contributed by atoms with Crippen LogP contribution in [0, 0.1) is 6.92 Å². The van der Waals surface area contributed by atoms with Crippen molar-refractivity contribution in [1.29, 1.82) is 0 Å². The van der Waals surface area contributed by atoms with E-state index < -0.39 is 0 Å². The molecule has 1 N–H and O–H groups in total. The molecule has 1 aliphatic heterocycles. The molecule has 0 aliphatic carbocycles. The molecule has 1 amide bonds. The Hall–Kier alpha value is -1.95. The van der Waals surface area contributed by atoms with Gasteiger partial charge in [-0.2, -0.15) is 5.10 Å². The number of hydrogen-bond acceptors (Lipinski definition) is 3. The van der Waals surface area contributed by atoms with E-state index in [9.17, 15) is 4.79 Å². The van der Waals surface area contributed by atoms with Gasteiger partial charge in [0.1, 0.15) is 5.69 Å². The molecule has 0 spiro atoms. The number of anilines is 1. The standard InChI is InChI=1S/C14H18ClN5O/c1-10-7-13(17-16-10)19-3-5-20(6-4-19)14(21)12-8-11(15)9-18(12)2/h7-9H,3-6H2,1-2H3,(H,16,17). The average molecular weight is 308 g/mol. The van der Waals surface area contributed by atoms with Crippen LogP contribution in [0.4, 0.5) is 5.82 Å². The van der Waals surface area contributed by atoms with Crippen molar-refractivity contribution in [2.75, 3.05) is 31.1 Å². The third kappa shape index (κ3) is 2.76. The van der Waals surface area contributed by atoms with Crippen molar-refractivity contribution < 1.29 is 4.79 Å². The summed E-state index contributed by atoms with van der Waals surface area (Å²) >= 11 is 5.94. The Morgan fingerprint density at radius 1 is 1.29 bits per heavy atom. The van der Waals surface area contributed by atoms with E-state index in [-0.39, 0.29) is 5.91 Å². The first-order valence-electron chi connectivity index (χ1n) is 6.92. The van der Waals surface area contributed by atoms with Crippen LogP contribution in [-0.4, -0.2) is 51.8 Å². The second-order valence-corrected chi connectivity index (χ2v) is 5.78. The van der Waals surface area contributed by atoms with Gasteiger partial charge < -0.3 is 14.4 Å². The van der Waals surface area contributed by atoms with Crippen LogP contribution in [0.25, 0.3) is 0 Å². The third-order valence-corrected chi connectivity index (χ3v) is 3.98. The van der Waals surface area contributed by atoms with Crippen LogP contribution in [0.5, 0.6) is 0 Å². The Morgan fingerprint density at radius 3 is 2.52 bits per heavy atom. The van der Waals surface area contributed by atoms with Gasteiger partial charge in [-0.05, 0) is 13.0 Å². The van der Waals surface area contributed by atoms with E-state index in [0.717, 1.165) is 24.6 Å². The molecule has 3 rings (SSSR count). The summed E-state index contributed by atoms with van der Waals surface area (Å²) in [6.45, 7) is 4.93. The maximum Gasteiger partial charge on any atom is 0.270 e. The highest BCUT2D eigenvalue weighted by molar-refractivity contribution is 6.31. The summed E-state index contributed by atoms with van der Waals surface area (Å²) in [6, 6.07) is 3.74. The largest absolute Gasteiger partial charge is 0.352 e. The third-order valence-electron chi connectivity index (χ3n) is 3.77. The lowest BCUT2D eigenvalue weighted by molar-refractivity contribution is 0.0737. The maximum absolute atomic E-state index is 12.5. The molecule has 0 radical (unpaired) electrons. The molecule has 2 aromatic heterocycles. The Balaban J connectivity index is 1.65. The van der Waals surface area contributed by atoms with Crippen LogP contribution in [0.2, 0.25) is 5.02 Å².